The molecule has 3 aromatic rings. The van der Waals surface area contributed by atoms with Crippen LogP contribution in [0.4, 0.5) is 11.4 Å². The van der Waals surface area contributed by atoms with E-state index in [0.29, 0.717) is 5.69 Å². The number of aryl methyl sites for hydroxylation is 2. The van der Waals surface area contributed by atoms with Crippen molar-refractivity contribution in [1.29, 1.82) is 0 Å². The van der Waals surface area contributed by atoms with Gasteiger partial charge >= 0.3 is 0 Å². The second kappa shape index (κ2) is 9.00. The Bertz CT molecular complexity index is 1210. The van der Waals surface area contributed by atoms with Crippen LogP contribution in [-0.4, -0.2) is 38.5 Å². The molecule has 1 aromatic carbocycles. The average molecular weight is 442 g/mol. The number of hydrogen-bond acceptors (Lipinski definition) is 7. The fourth-order valence-corrected chi connectivity index (χ4v) is 4.28. The molecule has 162 valence electrons. The first-order valence-corrected chi connectivity index (χ1v) is 10.7. The number of aromatic nitrogens is 2. The molecule has 0 bridgehead atoms. The highest BCUT2D eigenvalue weighted by molar-refractivity contribution is 7.92. The molecule has 2 aromatic heterocycles. The van der Waals surface area contributed by atoms with E-state index in [9.17, 15) is 13.2 Å². The zero-order valence-corrected chi connectivity index (χ0v) is 18.3. The third kappa shape index (κ3) is 4.75. The zero-order chi connectivity index (χ0) is 22.6. The van der Waals surface area contributed by atoms with Crippen molar-refractivity contribution in [2.24, 2.45) is 0 Å². The monoisotopic (exact) mass is 442 g/mol. The Morgan fingerprint density at radius 3 is 2.29 bits per heavy atom. The van der Waals surface area contributed by atoms with Gasteiger partial charge in [0.05, 0.1) is 31.8 Å². The fraction of sp³-hybridized carbons (Fsp3) is 0.190. The summed E-state index contributed by atoms with van der Waals surface area (Å²) >= 11 is 0. The highest BCUT2D eigenvalue weighted by Gasteiger charge is 2.24. The van der Waals surface area contributed by atoms with Crippen molar-refractivity contribution >= 4 is 27.3 Å². The SMILES string of the molecule is COc1ncccc1C(=O)Nc1cnc(OC)c(S(=O)(=O)Nc2c(C)cccc2C)c1. The summed E-state index contributed by atoms with van der Waals surface area (Å²) in [7, 11) is -1.34. The Hall–Kier alpha value is -3.66. The summed E-state index contributed by atoms with van der Waals surface area (Å²) in [6.07, 6.45) is 2.80. The van der Waals surface area contributed by atoms with Crippen LogP contribution in [0, 0.1) is 13.8 Å². The van der Waals surface area contributed by atoms with Gasteiger partial charge in [-0.1, -0.05) is 18.2 Å². The van der Waals surface area contributed by atoms with Gasteiger partial charge in [0, 0.05) is 6.20 Å². The molecule has 2 heterocycles. The number of anilines is 2. The molecule has 0 aliphatic carbocycles. The van der Waals surface area contributed by atoms with E-state index in [2.05, 4.69) is 20.0 Å². The minimum atomic E-state index is -4.06. The third-order valence-electron chi connectivity index (χ3n) is 4.49. The molecule has 31 heavy (non-hydrogen) atoms. The van der Waals surface area contributed by atoms with Crippen molar-refractivity contribution in [2.75, 3.05) is 24.3 Å². The van der Waals surface area contributed by atoms with Crippen LogP contribution in [-0.2, 0) is 10.0 Å². The Balaban J connectivity index is 1.96. The van der Waals surface area contributed by atoms with Crippen molar-refractivity contribution in [3.05, 3.63) is 65.5 Å². The Kier molecular flexibility index (Phi) is 6.40. The number of ether oxygens (including phenoxy) is 2. The van der Waals surface area contributed by atoms with Crippen LogP contribution in [0.15, 0.2) is 53.7 Å². The molecule has 9 nitrogen and oxygen atoms in total. The van der Waals surface area contributed by atoms with Crippen LogP contribution in [0.25, 0.3) is 0 Å². The smallest absolute Gasteiger partial charge is 0.267 e. The van der Waals surface area contributed by atoms with E-state index >= 15 is 0 Å². The number of carbonyl (C=O) groups is 1. The first kappa shape index (κ1) is 22.0. The van der Waals surface area contributed by atoms with E-state index in [1.807, 2.05) is 6.07 Å². The molecule has 3 rings (SSSR count). The van der Waals surface area contributed by atoms with Gasteiger partial charge in [-0.2, -0.15) is 0 Å². The van der Waals surface area contributed by atoms with Crippen LogP contribution in [0.3, 0.4) is 0 Å². The third-order valence-corrected chi connectivity index (χ3v) is 5.83. The second-order valence-electron chi connectivity index (χ2n) is 6.62. The summed E-state index contributed by atoms with van der Waals surface area (Å²) in [5, 5.41) is 2.61. The molecule has 0 aliphatic heterocycles. The lowest BCUT2D eigenvalue weighted by atomic mass is 10.1. The Morgan fingerprint density at radius 1 is 0.968 bits per heavy atom. The Morgan fingerprint density at radius 2 is 1.65 bits per heavy atom. The molecular weight excluding hydrogens is 420 g/mol. The van der Waals surface area contributed by atoms with Gasteiger partial charge in [0.25, 0.3) is 15.9 Å². The van der Waals surface area contributed by atoms with Crippen LogP contribution in [0.5, 0.6) is 11.8 Å². The molecule has 0 unspecified atom stereocenters. The molecule has 10 heteroatoms. The largest absolute Gasteiger partial charge is 0.480 e. The highest BCUT2D eigenvalue weighted by Crippen LogP contribution is 2.29. The number of hydrogen-bond donors (Lipinski definition) is 2. The highest BCUT2D eigenvalue weighted by atomic mass is 32.2. The molecule has 0 saturated heterocycles. The number of carbonyl (C=O) groups excluding carboxylic acids is 1. The van der Waals surface area contributed by atoms with Crippen molar-refractivity contribution in [2.45, 2.75) is 18.7 Å². The molecule has 0 saturated carbocycles. The van der Waals surface area contributed by atoms with Gasteiger partial charge in [0.2, 0.25) is 11.8 Å². The maximum Gasteiger partial charge on any atom is 0.267 e. The van der Waals surface area contributed by atoms with Gasteiger partial charge in [-0.3, -0.25) is 9.52 Å². The van der Waals surface area contributed by atoms with E-state index in [1.54, 1.807) is 32.0 Å². The van der Waals surface area contributed by atoms with E-state index in [1.165, 1.54) is 38.7 Å². The quantitative estimate of drug-likeness (QED) is 0.577. The summed E-state index contributed by atoms with van der Waals surface area (Å²) in [5.41, 5.74) is 2.36. The molecule has 0 atom stereocenters. The second-order valence-corrected chi connectivity index (χ2v) is 8.27. The average Bonchev–Trinajstić information content (AvgIpc) is 2.76. The predicted octanol–water partition coefficient (Wildman–Crippen LogP) is 3.16. The summed E-state index contributed by atoms with van der Waals surface area (Å²) in [5.74, 6) is -0.482. The fourth-order valence-electron chi connectivity index (χ4n) is 2.94. The molecular formula is C21H22N4O5S. The maximum absolute atomic E-state index is 13.1. The van der Waals surface area contributed by atoms with Crippen LogP contribution < -0.4 is 19.5 Å². The zero-order valence-electron chi connectivity index (χ0n) is 17.5. The van der Waals surface area contributed by atoms with Crippen molar-refractivity contribution < 1.29 is 22.7 Å². The molecule has 0 fully saturated rings. The van der Waals surface area contributed by atoms with Crippen molar-refractivity contribution in [3.63, 3.8) is 0 Å². The number of benzene rings is 1. The van der Waals surface area contributed by atoms with Crippen molar-refractivity contribution in [3.8, 4) is 11.8 Å². The summed E-state index contributed by atoms with van der Waals surface area (Å²) in [6.45, 7) is 3.61. The normalized spacial score (nSPS) is 11.0. The van der Waals surface area contributed by atoms with E-state index in [4.69, 9.17) is 9.47 Å². The van der Waals surface area contributed by atoms with Crippen LogP contribution in [0.2, 0.25) is 0 Å². The van der Waals surface area contributed by atoms with Gasteiger partial charge < -0.3 is 14.8 Å². The summed E-state index contributed by atoms with van der Waals surface area (Å²) in [4.78, 5) is 20.4. The maximum atomic E-state index is 13.1. The molecule has 2 N–H and O–H groups in total. The van der Waals surface area contributed by atoms with E-state index < -0.39 is 15.9 Å². The predicted molar refractivity (Wildman–Crippen MR) is 116 cm³/mol. The number of methoxy groups -OCH3 is 2. The number of nitrogens with zero attached hydrogens (tertiary/aromatic N) is 2. The molecule has 0 radical (unpaired) electrons. The van der Waals surface area contributed by atoms with Gasteiger partial charge in [-0.15, -0.1) is 0 Å². The number of sulfonamides is 1. The van der Waals surface area contributed by atoms with E-state index in [0.717, 1.165) is 11.1 Å². The van der Waals surface area contributed by atoms with Crippen LogP contribution in [0.1, 0.15) is 21.5 Å². The topological polar surface area (TPSA) is 120 Å². The number of para-hydroxylation sites is 1. The standard InChI is InChI=1S/C21H22N4O5S/c1-13-7-5-8-14(2)18(13)25-31(27,28)17-11-15(12-23-21(17)30-4)24-19(26)16-9-6-10-22-20(16)29-3/h5-12,25H,1-4H3,(H,24,26). The van der Waals surface area contributed by atoms with Gasteiger partial charge in [-0.25, -0.2) is 18.4 Å². The number of rotatable bonds is 7. The number of pyridine rings is 2. The molecule has 1 amide bonds. The van der Waals surface area contributed by atoms with Crippen molar-refractivity contribution in [1.82, 2.24) is 9.97 Å². The first-order chi connectivity index (χ1) is 14.8. The Labute approximate surface area is 180 Å². The number of nitrogens with one attached hydrogen (secondary N) is 2. The number of amides is 1. The van der Waals surface area contributed by atoms with Gasteiger partial charge in [0.1, 0.15) is 5.56 Å². The minimum Gasteiger partial charge on any atom is -0.480 e. The molecule has 0 spiro atoms. The first-order valence-electron chi connectivity index (χ1n) is 9.20. The van der Waals surface area contributed by atoms with Gasteiger partial charge in [0.15, 0.2) is 4.90 Å². The minimum absolute atomic E-state index is 0.101. The summed E-state index contributed by atoms with van der Waals surface area (Å²) in [6, 6.07) is 9.86. The van der Waals surface area contributed by atoms with E-state index in [-0.39, 0.29) is 27.9 Å². The molecule has 0 aliphatic rings. The van der Waals surface area contributed by atoms with Crippen LogP contribution >= 0.6 is 0 Å². The van der Waals surface area contributed by atoms with Gasteiger partial charge in [-0.05, 0) is 43.2 Å². The lowest BCUT2D eigenvalue weighted by Gasteiger charge is -2.15. The lowest BCUT2D eigenvalue weighted by molar-refractivity contribution is 0.102. The lowest BCUT2D eigenvalue weighted by Crippen LogP contribution is -2.18. The summed E-state index contributed by atoms with van der Waals surface area (Å²) < 4.78 is 39.1.